The maximum Gasteiger partial charge on any atom is 0.348 e. The minimum atomic E-state index is -1.30. The summed E-state index contributed by atoms with van der Waals surface area (Å²) in [6.45, 7) is 2.96. The van der Waals surface area contributed by atoms with Crippen LogP contribution in [-0.2, 0) is 25.7 Å². The zero-order valence-corrected chi connectivity index (χ0v) is 14.3. The van der Waals surface area contributed by atoms with E-state index in [2.05, 4.69) is 0 Å². The lowest BCUT2D eigenvalue weighted by molar-refractivity contribution is -0.222. The lowest BCUT2D eigenvalue weighted by Gasteiger charge is -2.29. The topological polar surface area (TPSA) is 61.8 Å². The van der Waals surface area contributed by atoms with Crippen LogP contribution in [0.1, 0.15) is 25.0 Å². The number of benzene rings is 2. The molecule has 0 aromatic heterocycles. The summed E-state index contributed by atoms with van der Waals surface area (Å²) in [5, 5.41) is 0. The predicted octanol–water partition coefficient (Wildman–Crippen LogP) is 3.62. The van der Waals surface area contributed by atoms with E-state index in [0.29, 0.717) is 16.9 Å². The molecule has 0 unspecified atom stereocenters. The van der Waals surface area contributed by atoms with Crippen LogP contribution in [0.25, 0.3) is 6.08 Å². The van der Waals surface area contributed by atoms with Gasteiger partial charge in [0.05, 0.1) is 0 Å². The van der Waals surface area contributed by atoms with Gasteiger partial charge in [0.1, 0.15) is 23.7 Å². The van der Waals surface area contributed by atoms with Crippen molar-refractivity contribution in [2.75, 3.05) is 0 Å². The van der Waals surface area contributed by atoms with E-state index in [9.17, 15) is 14.0 Å². The zero-order chi connectivity index (χ0) is 18.7. The number of carbonyl (C=O) groups excluding carboxylic acids is 2. The Kier molecular flexibility index (Phi) is 4.75. The van der Waals surface area contributed by atoms with E-state index in [1.54, 1.807) is 42.5 Å². The second-order valence-corrected chi connectivity index (χ2v) is 6.15. The molecule has 0 bridgehead atoms. The molecule has 0 radical (unpaired) electrons. The highest BCUT2D eigenvalue weighted by molar-refractivity contribution is 6.19. The second-order valence-electron chi connectivity index (χ2n) is 6.15. The van der Waals surface area contributed by atoms with Crippen LogP contribution in [0.5, 0.6) is 5.75 Å². The Morgan fingerprint density at radius 2 is 1.62 bits per heavy atom. The monoisotopic (exact) mass is 356 g/mol. The molecule has 1 saturated heterocycles. The lowest BCUT2D eigenvalue weighted by Crippen LogP contribution is -2.41. The fraction of sp³-hybridized carbons (Fsp3) is 0.200. The summed E-state index contributed by atoms with van der Waals surface area (Å²) in [5.74, 6) is -2.81. The molecule has 0 aliphatic carbocycles. The first-order valence-electron chi connectivity index (χ1n) is 7.99. The highest BCUT2D eigenvalue weighted by Gasteiger charge is 2.38. The first-order chi connectivity index (χ1) is 12.4. The van der Waals surface area contributed by atoms with E-state index in [1.165, 1.54) is 26.0 Å². The van der Waals surface area contributed by atoms with E-state index >= 15 is 0 Å². The van der Waals surface area contributed by atoms with Crippen molar-refractivity contribution in [3.63, 3.8) is 0 Å². The third kappa shape index (κ3) is 3.91. The van der Waals surface area contributed by atoms with Crippen LogP contribution in [0, 0.1) is 5.82 Å². The number of para-hydroxylation sites is 1. The van der Waals surface area contributed by atoms with Gasteiger partial charge in [-0.2, -0.15) is 0 Å². The van der Waals surface area contributed by atoms with Gasteiger partial charge in [-0.15, -0.1) is 0 Å². The maximum atomic E-state index is 13.7. The van der Waals surface area contributed by atoms with Gasteiger partial charge >= 0.3 is 11.9 Å². The molecule has 2 aromatic carbocycles. The molecule has 1 aliphatic heterocycles. The summed E-state index contributed by atoms with van der Waals surface area (Å²) in [7, 11) is 0. The molecule has 3 rings (SSSR count). The van der Waals surface area contributed by atoms with Crippen molar-refractivity contribution in [3.05, 3.63) is 71.0 Å². The van der Waals surface area contributed by atoms with Crippen molar-refractivity contribution in [1.82, 2.24) is 0 Å². The number of carbonyl (C=O) groups is 2. The standard InChI is InChI=1S/C20H17FO5/c1-20(2)25-18(22)15(19(23)26-20)11-13-7-4-6-10-17(13)24-12-14-8-3-5-9-16(14)21/h3-11H,12H2,1-2H3. The van der Waals surface area contributed by atoms with Gasteiger partial charge < -0.3 is 14.2 Å². The molecule has 0 amide bonds. The van der Waals surface area contributed by atoms with Gasteiger partial charge in [-0.05, 0) is 18.2 Å². The Bertz CT molecular complexity index is 863. The maximum absolute atomic E-state index is 13.7. The van der Waals surface area contributed by atoms with Crippen molar-refractivity contribution in [2.24, 2.45) is 0 Å². The summed E-state index contributed by atoms with van der Waals surface area (Å²) in [5.41, 5.74) is 0.645. The van der Waals surface area contributed by atoms with Crippen molar-refractivity contribution < 1.29 is 28.2 Å². The molecule has 1 heterocycles. The number of cyclic esters (lactones) is 2. The first kappa shape index (κ1) is 17.7. The molecule has 0 spiro atoms. The van der Waals surface area contributed by atoms with Gasteiger partial charge in [0.25, 0.3) is 5.79 Å². The van der Waals surface area contributed by atoms with Gasteiger partial charge in [0.2, 0.25) is 0 Å². The number of hydrogen-bond donors (Lipinski definition) is 0. The fourth-order valence-corrected chi connectivity index (χ4v) is 2.44. The molecule has 0 N–H and O–H groups in total. The summed E-state index contributed by atoms with van der Waals surface area (Å²) >= 11 is 0. The number of halogens is 1. The van der Waals surface area contributed by atoms with Gasteiger partial charge in [0.15, 0.2) is 0 Å². The average molecular weight is 356 g/mol. The molecule has 134 valence electrons. The van der Waals surface area contributed by atoms with Crippen molar-refractivity contribution >= 4 is 18.0 Å². The van der Waals surface area contributed by atoms with Crippen molar-refractivity contribution in [3.8, 4) is 5.75 Å². The minimum Gasteiger partial charge on any atom is -0.488 e. The smallest absolute Gasteiger partial charge is 0.348 e. The van der Waals surface area contributed by atoms with Crippen molar-refractivity contribution in [2.45, 2.75) is 26.2 Å². The Morgan fingerprint density at radius 1 is 1.00 bits per heavy atom. The molecule has 5 nitrogen and oxygen atoms in total. The third-order valence-electron chi connectivity index (χ3n) is 3.68. The first-order valence-corrected chi connectivity index (χ1v) is 7.99. The molecule has 26 heavy (non-hydrogen) atoms. The zero-order valence-electron chi connectivity index (χ0n) is 14.3. The minimum absolute atomic E-state index is 0.00871. The number of ether oxygens (including phenoxy) is 3. The van der Waals surface area contributed by atoms with Gasteiger partial charge in [-0.25, -0.2) is 14.0 Å². The summed E-state index contributed by atoms with van der Waals surface area (Å²) in [6, 6.07) is 13.1. The molecular formula is C20H17FO5. The Balaban J connectivity index is 1.84. The molecule has 0 atom stereocenters. The van der Waals surface area contributed by atoms with E-state index in [0.717, 1.165) is 0 Å². The van der Waals surface area contributed by atoms with Crippen LogP contribution in [-0.4, -0.2) is 17.7 Å². The van der Waals surface area contributed by atoms with Crippen LogP contribution < -0.4 is 4.74 Å². The lowest BCUT2D eigenvalue weighted by atomic mass is 10.1. The third-order valence-corrected chi connectivity index (χ3v) is 3.68. The van der Waals surface area contributed by atoms with Gasteiger partial charge in [-0.3, -0.25) is 0 Å². The van der Waals surface area contributed by atoms with E-state index in [-0.39, 0.29) is 18.0 Å². The van der Waals surface area contributed by atoms with Crippen LogP contribution in [0.15, 0.2) is 54.1 Å². The quantitative estimate of drug-likeness (QED) is 0.476. The highest BCUT2D eigenvalue weighted by atomic mass is 19.1. The average Bonchev–Trinajstić information content (AvgIpc) is 2.57. The normalized spacial score (nSPS) is 15.9. The fourth-order valence-electron chi connectivity index (χ4n) is 2.44. The summed E-state index contributed by atoms with van der Waals surface area (Å²) in [4.78, 5) is 24.2. The SMILES string of the molecule is CC1(C)OC(=O)C(=Cc2ccccc2OCc2ccccc2F)C(=O)O1. The second kappa shape index (κ2) is 7.00. The number of esters is 2. The van der Waals surface area contributed by atoms with E-state index < -0.39 is 17.7 Å². The highest BCUT2D eigenvalue weighted by Crippen LogP contribution is 2.27. The Labute approximate surface area is 150 Å². The number of rotatable bonds is 4. The van der Waals surface area contributed by atoms with Crippen molar-refractivity contribution in [1.29, 1.82) is 0 Å². The molecule has 1 fully saturated rings. The van der Waals surface area contributed by atoms with Gasteiger partial charge in [0, 0.05) is 25.0 Å². The van der Waals surface area contributed by atoms with E-state index in [4.69, 9.17) is 14.2 Å². The Morgan fingerprint density at radius 3 is 2.31 bits per heavy atom. The molecule has 1 aliphatic rings. The van der Waals surface area contributed by atoms with Crippen LogP contribution in [0.2, 0.25) is 0 Å². The van der Waals surface area contributed by atoms with Crippen LogP contribution in [0.3, 0.4) is 0 Å². The molecule has 2 aromatic rings. The predicted molar refractivity (Wildman–Crippen MR) is 91.4 cm³/mol. The summed E-state index contributed by atoms with van der Waals surface area (Å²) < 4.78 is 29.5. The molecule has 6 heteroatoms. The summed E-state index contributed by atoms with van der Waals surface area (Å²) in [6.07, 6.45) is 1.34. The largest absolute Gasteiger partial charge is 0.488 e. The van der Waals surface area contributed by atoms with Crippen LogP contribution in [0.4, 0.5) is 4.39 Å². The molecular weight excluding hydrogens is 339 g/mol. The van der Waals surface area contributed by atoms with Gasteiger partial charge in [-0.1, -0.05) is 36.4 Å². The molecule has 0 saturated carbocycles. The van der Waals surface area contributed by atoms with Crippen LogP contribution >= 0.6 is 0 Å². The number of hydrogen-bond acceptors (Lipinski definition) is 5. The van der Waals surface area contributed by atoms with E-state index in [1.807, 2.05) is 0 Å². The Hall–Kier alpha value is -3.15.